The summed E-state index contributed by atoms with van der Waals surface area (Å²) in [5, 5.41) is 5.26. The summed E-state index contributed by atoms with van der Waals surface area (Å²) in [6, 6.07) is 0. The van der Waals surface area contributed by atoms with Crippen molar-refractivity contribution in [3.05, 3.63) is 32.7 Å². The smallest absolute Gasteiger partial charge is 0.244 e. The van der Waals surface area contributed by atoms with E-state index in [1.807, 2.05) is 26.8 Å². The SMILES string of the molecule is C/C=C(SC(C)Cl)/C(=N/NC)OCc1sc2nc(C)c(C)c(C)c2c1N. The summed E-state index contributed by atoms with van der Waals surface area (Å²) in [4.78, 5) is 7.45. The molecule has 2 aromatic rings. The summed E-state index contributed by atoms with van der Waals surface area (Å²) < 4.78 is 5.89. The molecule has 0 saturated heterocycles. The molecule has 0 radical (unpaired) electrons. The van der Waals surface area contributed by atoms with Gasteiger partial charge >= 0.3 is 0 Å². The predicted molar refractivity (Wildman–Crippen MR) is 116 cm³/mol. The van der Waals surface area contributed by atoms with Crippen molar-refractivity contribution in [2.24, 2.45) is 5.10 Å². The first-order valence-electron chi connectivity index (χ1n) is 8.29. The number of nitrogens with two attached hydrogens (primary N) is 1. The van der Waals surface area contributed by atoms with E-state index in [0.717, 1.165) is 31.4 Å². The van der Waals surface area contributed by atoms with Crippen LogP contribution in [0.25, 0.3) is 10.2 Å². The fourth-order valence-corrected chi connectivity index (χ4v) is 4.62. The number of thiophene rings is 1. The number of nitrogens with one attached hydrogen (secondary N) is 1. The third-order valence-electron chi connectivity index (χ3n) is 4.07. The number of hydrogen-bond donors (Lipinski definition) is 2. The van der Waals surface area contributed by atoms with Crippen molar-refractivity contribution in [3.8, 4) is 0 Å². The summed E-state index contributed by atoms with van der Waals surface area (Å²) >= 11 is 9.16. The molecule has 0 aliphatic rings. The normalized spacial score (nSPS) is 14.0. The molecule has 0 spiro atoms. The molecule has 0 amide bonds. The highest BCUT2D eigenvalue weighted by Crippen LogP contribution is 2.37. The number of pyridine rings is 1. The average molecular weight is 413 g/mol. The number of halogens is 1. The number of ether oxygens (including phenoxy) is 1. The fraction of sp³-hybridized carbons (Fsp3) is 0.444. The Kier molecular flexibility index (Phi) is 7.20. The van der Waals surface area contributed by atoms with Gasteiger partial charge in [-0.1, -0.05) is 6.08 Å². The lowest BCUT2D eigenvalue weighted by molar-refractivity contribution is 0.296. The summed E-state index contributed by atoms with van der Waals surface area (Å²) in [6.45, 7) is 10.4. The molecule has 0 fully saturated rings. The molecule has 2 rings (SSSR count). The molecule has 0 saturated carbocycles. The van der Waals surface area contributed by atoms with E-state index in [1.165, 1.54) is 22.9 Å². The highest BCUT2D eigenvalue weighted by atomic mass is 35.5. The molecular weight excluding hydrogens is 388 g/mol. The van der Waals surface area contributed by atoms with E-state index in [-0.39, 0.29) is 4.71 Å². The van der Waals surface area contributed by atoms with Crippen LogP contribution in [0.2, 0.25) is 0 Å². The molecule has 1 unspecified atom stereocenters. The minimum Gasteiger partial charge on any atom is -0.470 e. The number of aromatic nitrogens is 1. The number of fused-ring (bicyclic) bond motifs is 1. The number of hydrazone groups is 1. The molecule has 3 N–H and O–H groups in total. The van der Waals surface area contributed by atoms with Crippen LogP contribution in [0.15, 0.2) is 16.1 Å². The highest BCUT2D eigenvalue weighted by molar-refractivity contribution is 8.05. The van der Waals surface area contributed by atoms with E-state index in [2.05, 4.69) is 29.4 Å². The van der Waals surface area contributed by atoms with Crippen molar-refractivity contribution in [3.63, 3.8) is 0 Å². The Bertz CT molecular complexity index is 859. The first kappa shape index (κ1) is 20.9. The molecule has 1 atom stereocenters. The van der Waals surface area contributed by atoms with Crippen LogP contribution in [0.1, 0.15) is 35.5 Å². The maximum absolute atomic E-state index is 6.40. The summed E-state index contributed by atoms with van der Waals surface area (Å²) in [5.74, 6) is 0.501. The molecule has 142 valence electrons. The minimum absolute atomic E-state index is 0.0842. The molecule has 0 aliphatic heterocycles. The first-order valence-corrected chi connectivity index (χ1v) is 10.4. The third-order valence-corrected chi connectivity index (χ3v) is 6.40. The van der Waals surface area contributed by atoms with Gasteiger partial charge in [0.05, 0.1) is 20.2 Å². The van der Waals surface area contributed by atoms with Gasteiger partial charge in [0.15, 0.2) is 0 Å². The highest BCUT2D eigenvalue weighted by Gasteiger charge is 2.18. The van der Waals surface area contributed by atoms with Gasteiger partial charge in [-0.05, 0) is 45.7 Å². The molecule has 0 bridgehead atoms. The van der Waals surface area contributed by atoms with Crippen LogP contribution in [-0.2, 0) is 11.3 Å². The molecule has 2 aromatic heterocycles. The second kappa shape index (κ2) is 8.97. The molecule has 26 heavy (non-hydrogen) atoms. The Morgan fingerprint density at radius 2 is 2.12 bits per heavy atom. The van der Waals surface area contributed by atoms with E-state index < -0.39 is 0 Å². The lowest BCUT2D eigenvalue weighted by Crippen LogP contribution is -2.12. The Morgan fingerprint density at radius 1 is 1.42 bits per heavy atom. The van der Waals surface area contributed by atoms with Crippen LogP contribution in [0.4, 0.5) is 5.69 Å². The lowest BCUT2D eigenvalue weighted by Gasteiger charge is -2.13. The van der Waals surface area contributed by atoms with Gasteiger partial charge in [-0.2, -0.15) is 0 Å². The van der Waals surface area contributed by atoms with E-state index in [0.29, 0.717) is 12.5 Å². The molecule has 0 aromatic carbocycles. The number of aryl methyl sites for hydroxylation is 2. The maximum atomic E-state index is 6.40. The van der Waals surface area contributed by atoms with Gasteiger partial charge in [0.1, 0.15) is 11.4 Å². The van der Waals surface area contributed by atoms with Gasteiger partial charge in [-0.3, -0.25) is 0 Å². The van der Waals surface area contributed by atoms with Crippen molar-refractivity contribution in [1.29, 1.82) is 0 Å². The topological polar surface area (TPSA) is 72.5 Å². The van der Waals surface area contributed by atoms with Crippen LogP contribution >= 0.6 is 34.7 Å². The zero-order chi connectivity index (χ0) is 19.4. The fourth-order valence-electron chi connectivity index (χ4n) is 2.53. The Hall–Kier alpha value is -1.44. The number of nitrogen functional groups attached to an aromatic ring is 1. The Morgan fingerprint density at radius 3 is 2.69 bits per heavy atom. The van der Waals surface area contributed by atoms with Gasteiger partial charge in [0.2, 0.25) is 5.90 Å². The second-order valence-electron chi connectivity index (χ2n) is 5.81. The van der Waals surface area contributed by atoms with E-state index in [4.69, 9.17) is 22.1 Å². The van der Waals surface area contributed by atoms with Crippen LogP contribution in [-0.4, -0.2) is 22.6 Å². The number of nitrogens with zero attached hydrogens (tertiary/aromatic N) is 2. The van der Waals surface area contributed by atoms with Crippen molar-refractivity contribution in [2.45, 2.75) is 45.9 Å². The van der Waals surface area contributed by atoms with E-state index >= 15 is 0 Å². The largest absolute Gasteiger partial charge is 0.470 e. The van der Waals surface area contributed by atoms with Crippen LogP contribution < -0.4 is 11.2 Å². The minimum atomic E-state index is -0.0842. The summed E-state index contributed by atoms with van der Waals surface area (Å²) in [6.07, 6.45) is 1.94. The zero-order valence-corrected chi connectivity index (χ0v) is 18.3. The molecule has 8 heteroatoms. The van der Waals surface area contributed by atoms with Gasteiger partial charge in [-0.25, -0.2) is 4.98 Å². The number of rotatable bonds is 6. The molecular formula is C18H25ClN4OS2. The van der Waals surface area contributed by atoms with Crippen molar-refractivity contribution >= 4 is 56.5 Å². The average Bonchev–Trinajstić information content (AvgIpc) is 2.90. The third kappa shape index (κ3) is 4.45. The monoisotopic (exact) mass is 412 g/mol. The van der Waals surface area contributed by atoms with E-state index in [1.54, 1.807) is 18.4 Å². The maximum Gasteiger partial charge on any atom is 0.244 e. The van der Waals surface area contributed by atoms with Crippen molar-refractivity contribution < 1.29 is 4.74 Å². The Labute approximate surface area is 168 Å². The zero-order valence-electron chi connectivity index (χ0n) is 15.9. The van der Waals surface area contributed by atoms with Crippen molar-refractivity contribution in [1.82, 2.24) is 10.4 Å². The van der Waals surface area contributed by atoms with E-state index in [9.17, 15) is 0 Å². The number of allylic oxidation sites excluding steroid dienone is 1. The second-order valence-corrected chi connectivity index (χ2v) is 9.19. The van der Waals surface area contributed by atoms with Crippen LogP contribution in [0, 0.1) is 20.8 Å². The summed E-state index contributed by atoms with van der Waals surface area (Å²) in [5.41, 5.74) is 13.3. The predicted octanol–water partition coefficient (Wildman–Crippen LogP) is 5.08. The van der Waals surface area contributed by atoms with Gasteiger partial charge < -0.3 is 15.9 Å². The molecule has 0 aliphatic carbocycles. The first-order chi connectivity index (χ1) is 12.3. The van der Waals surface area contributed by atoms with Gasteiger partial charge in [-0.15, -0.1) is 39.8 Å². The van der Waals surface area contributed by atoms with Crippen LogP contribution in [0.3, 0.4) is 0 Å². The summed E-state index contributed by atoms with van der Waals surface area (Å²) in [7, 11) is 1.73. The van der Waals surface area contributed by atoms with Crippen LogP contribution in [0.5, 0.6) is 0 Å². The molecule has 5 nitrogen and oxygen atoms in total. The number of hydrogen-bond acceptors (Lipinski definition) is 7. The molecule has 2 heterocycles. The number of alkyl halides is 1. The van der Waals surface area contributed by atoms with Crippen molar-refractivity contribution in [2.75, 3.05) is 12.8 Å². The standard InChI is InChI=1S/C18H25ClN4OS2/c1-7-13(25-12(5)19)17(23-21-6)24-8-14-16(20)15-10(3)9(2)11(4)22-18(15)26-14/h7,12,21H,8,20H2,1-6H3/b13-7-,23-17-. The lowest BCUT2D eigenvalue weighted by atomic mass is 10.1. The number of anilines is 1. The number of thioether (sulfide) groups is 1. The van der Waals surface area contributed by atoms with Gasteiger partial charge in [0, 0.05) is 18.1 Å². The van der Waals surface area contributed by atoms with Gasteiger partial charge in [0.25, 0.3) is 0 Å². The Balaban J connectivity index is 2.31. The quantitative estimate of drug-likeness (QED) is 0.299.